The molecule has 1 aromatic heterocycles. The van der Waals surface area contributed by atoms with E-state index in [0.29, 0.717) is 6.54 Å². The average molecular weight is 305 g/mol. The van der Waals surface area contributed by atoms with E-state index in [1.54, 1.807) is 0 Å². The van der Waals surface area contributed by atoms with Crippen molar-refractivity contribution in [1.82, 2.24) is 9.97 Å². The summed E-state index contributed by atoms with van der Waals surface area (Å²) in [5.41, 5.74) is 2.08. The van der Waals surface area contributed by atoms with Gasteiger partial charge in [-0.05, 0) is 25.5 Å². The van der Waals surface area contributed by atoms with Crippen molar-refractivity contribution < 1.29 is 0 Å². The van der Waals surface area contributed by atoms with E-state index in [-0.39, 0.29) is 0 Å². The van der Waals surface area contributed by atoms with Gasteiger partial charge in [-0.15, -0.1) is 0 Å². The maximum atomic E-state index is 6.18. The molecule has 0 aliphatic carbocycles. The zero-order valence-electron chi connectivity index (χ0n) is 12.7. The highest BCUT2D eigenvalue weighted by atomic mass is 35.5. The molecule has 0 radical (unpaired) electrons. The number of aryl methyl sites for hydroxylation is 1. The monoisotopic (exact) mass is 304 g/mol. The van der Waals surface area contributed by atoms with Crippen molar-refractivity contribution in [3.63, 3.8) is 0 Å². The molecule has 0 amide bonds. The van der Waals surface area contributed by atoms with Crippen molar-refractivity contribution in [1.29, 1.82) is 0 Å². The van der Waals surface area contributed by atoms with Crippen LogP contribution in [0.3, 0.4) is 0 Å². The van der Waals surface area contributed by atoms with E-state index in [0.717, 1.165) is 46.6 Å². The fraction of sp³-hybridized carbons (Fsp3) is 0.375. The van der Waals surface area contributed by atoms with Gasteiger partial charge in [0.1, 0.15) is 17.5 Å². The van der Waals surface area contributed by atoms with Crippen molar-refractivity contribution in [2.75, 3.05) is 17.2 Å². The molecule has 2 aromatic rings. The van der Waals surface area contributed by atoms with Gasteiger partial charge in [0.2, 0.25) is 0 Å². The Morgan fingerprint density at radius 3 is 2.33 bits per heavy atom. The molecule has 0 unspecified atom stereocenters. The summed E-state index contributed by atoms with van der Waals surface area (Å²) in [5, 5.41) is 7.41. The van der Waals surface area contributed by atoms with Gasteiger partial charge in [0, 0.05) is 30.1 Å². The number of nitrogens with zero attached hydrogens (tertiary/aromatic N) is 2. The molecule has 21 heavy (non-hydrogen) atoms. The number of halogens is 1. The second-order valence-corrected chi connectivity index (χ2v) is 5.20. The van der Waals surface area contributed by atoms with Crippen LogP contribution in [0.4, 0.5) is 11.6 Å². The van der Waals surface area contributed by atoms with Gasteiger partial charge in [-0.25, -0.2) is 9.97 Å². The molecule has 0 aliphatic heterocycles. The zero-order valence-corrected chi connectivity index (χ0v) is 13.5. The maximum absolute atomic E-state index is 6.18. The minimum absolute atomic E-state index is 0.645. The number of aromatic nitrogens is 2. The molecular weight excluding hydrogens is 284 g/mol. The van der Waals surface area contributed by atoms with Gasteiger partial charge in [0.15, 0.2) is 0 Å². The molecule has 4 nitrogen and oxygen atoms in total. The Labute approximate surface area is 131 Å². The molecule has 0 saturated carbocycles. The van der Waals surface area contributed by atoms with Crippen LogP contribution < -0.4 is 10.6 Å². The SMILES string of the molecule is CCNc1nc(CC)nc(NCc2ccccc2Cl)c1C. The summed E-state index contributed by atoms with van der Waals surface area (Å²) < 4.78 is 0. The number of anilines is 2. The maximum Gasteiger partial charge on any atom is 0.135 e. The molecule has 5 heteroatoms. The Kier molecular flexibility index (Phi) is 5.39. The van der Waals surface area contributed by atoms with Crippen LogP contribution in [0, 0.1) is 6.92 Å². The van der Waals surface area contributed by atoms with E-state index >= 15 is 0 Å². The first-order valence-electron chi connectivity index (χ1n) is 7.24. The largest absolute Gasteiger partial charge is 0.370 e. The first-order valence-corrected chi connectivity index (χ1v) is 7.62. The number of hydrogen-bond acceptors (Lipinski definition) is 4. The Morgan fingerprint density at radius 1 is 1.05 bits per heavy atom. The molecule has 2 N–H and O–H groups in total. The quantitative estimate of drug-likeness (QED) is 0.845. The van der Waals surface area contributed by atoms with Crippen LogP contribution in [-0.2, 0) is 13.0 Å². The lowest BCUT2D eigenvalue weighted by molar-refractivity contribution is 0.919. The van der Waals surface area contributed by atoms with Crippen LogP contribution in [0.25, 0.3) is 0 Å². The van der Waals surface area contributed by atoms with Gasteiger partial charge in [-0.1, -0.05) is 36.7 Å². The van der Waals surface area contributed by atoms with Crippen LogP contribution in [0.15, 0.2) is 24.3 Å². The lowest BCUT2D eigenvalue weighted by Crippen LogP contribution is -2.11. The standard InChI is InChI=1S/C16H21ClN4/c1-4-14-20-15(18-5-2)11(3)16(21-14)19-10-12-8-6-7-9-13(12)17/h6-9H,4-5,10H2,1-3H3,(H2,18,19,20,21). The molecule has 112 valence electrons. The highest BCUT2D eigenvalue weighted by Gasteiger charge is 2.10. The minimum Gasteiger partial charge on any atom is -0.370 e. The summed E-state index contributed by atoms with van der Waals surface area (Å²) in [7, 11) is 0. The highest BCUT2D eigenvalue weighted by molar-refractivity contribution is 6.31. The third kappa shape index (κ3) is 3.85. The zero-order chi connectivity index (χ0) is 15.2. The Bertz CT molecular complexity index is 613. The van der Waals surface area contributed by atoms with E-state index in [9.17, 15) is 0 Å². The van der Waals surface area contributed by atoms with E-state index in [1.807, 2.05) is 31.2 Å². The molecule has 1 aromatic carbocycles. The van der Waals surface area contributed by atoms with Crippen LogP contribution >= 0.6 is 11.6 Å². The van der Waals surface area contributed by atoms with Gasteiger partial charge in [0.25, 0.3) is 0 Å². The third-order valence-electron chi connectivity index (χ3n) is 3.26. The molecule has 0 bridgehead atoms. The summed E-state index contributed by atoms with van der Waals surface area (Å²) >= 11 is 6.18. The lowest BCUT2D eigenvalue weighted by Gasteiger charge is -2.14. The highest BCUT2D eigenvalue weighted by Crippen LogP contribution is 2.22. The Hall–Kier alpha value is -1.81. The summed E-state index contributed by atoms with van der Waals surface area (Å²) in [4.78, 5) is 9.10. The predicted octanol–water partition coefficient (Wildman–Crippen LogP) is 4.04. The predicted molar refractivity (Wildman–Crippen MR) is 89.1 cm³/mol. The molecule has 0 fully saturated rings. The van der Waals surface area contributed by atoms with Crippen LogP contribution in [0.1, 0.15) is 30.8 Å². The molecule has 0 saturated heterocycles. The summed E-state index contributed by atoms with van der Waals surface area (Å²) in [5.74, 6) is 2.59. The second-order valence-electron chi connectivity index (χ2n) is 4.79. The van der Waals surface area contributed by atoms with Crippen molar-refractivity contribution in [2.45, 2.75) is 33.7 Å². The van der Waals surface area contributed by atoms with Gasteiger partial charge in [0.05, 0.1) is 0 Å². The van der Waals surface area contributed by atoms with Gasteiger partial charge >= 0.3 is 0 Å². The van der Waals surface area contributed by atoms with Crippen molar-refractivity contribution in [3.05, 3.63) is 46.2 Å². The summed E-state index contributed by atoms with van der Waals surface area (Å²) in [6.07, 6.45) is 0.805. The van der Waals surface area contributed by atoms with E-state index in [2.05, 4.69) is 34.4 Å². The van der Waals surface area contributed by atoms with Crippen molar-refractivity contribution in [3.8, 4) is 0 Å². The number of rotatable bonds is 6. The summed E-state index contributed by atoms with van der Waals surface area (Å²) in [6.45, 7) is 7.62. The Morgan fingerprint density at radius 2 is 1.71 bits per heavy atom. The lowest BCUT2D eigenvalue weighted by atomic mass is 10.2. The first kappa shape index (κ1) is 15.6. The topological polar surface area (TPSA) is 49.8 Å². The fourth-order valence-electron chi connectivity index (χ4n) is 2.05. The third-order valence-corrected chi connectivity index (χ3v) is 3.63. The molecule has 0 aliphatic rings. The second kappa shape index (κ2) is 7.27. The molecule has 1 heterocycles. The Balaban J connectivity index is 2.22. The minimum atomic E-state index is 0.645. The first-order chi connectivity index (χ1) is 10.2. The van der Waals surface area contributed by atoms with E-state index in [1.165, 1.54) is 0 Å². The van der Waals surface area contributed by atoms with E-state index < -0.39 is 0 Å². The van der Waals surface area contributed by atoms with Crippen molar-refractivity contribution >= 4 is 23.2 Å². The van der Waals surface area contributed by atoms with E-state index in [4.69, 9.17) is 11.6 Å². The normalized spacial score (nSPS) is 10.5. The van der Waals surface area contributed by atoms with Gasteiger partial charge < -0.3 is 10.6 Å². The fourth-order valence-corrected chi connectivity index (χ4v) is 2.26. The smallest absolute Gasteiger partial charge is 0.135 e. The van der Waals surface area contributed by atoms with Crippen LogP contribution in [0.5, 0.6) is 0 Å². The molecule has 0 spiro atoms. The summed E-state index contributed by atoms with van der Waals surface area (Å²) in [6, 6.07) is 7.82. The van der Waals surface area contributed by atoms with Gasteiger partial charge in [-0.3, -0.25) is 0 Å². The van der Waals surface area contributed by atoms with Crippen LogP contribution in [-0.4, -0.2) is 16.5 Å². The molecule has 2 rings (SSSR count). The van der Waals surface area contributed by atoms with Gasteiger partial charge in [-0.2, -0.15) is 0 Å². The number of benzene rings is 1. The molecule has 0 atom stereocenters. The molecular formula is C16H21ClN4. The number of nitrogens with one attached hydrogen (secondary N) is 2. The van der Waals surface area contributed by atoms with Crippen molar-refractivity contribution in [2.24, 2.45) is 0 Å². The van der Waals surface area contributed by atoms with Crippen LogP contribution in [0.2, 0.25) is 5.02 Å². The average Bonchev–Trinajstić information content (AvgIpc) is 2.49. The number of hydrogen-bond donors (Lipinski definition) is 2.